The first-order chi connectivity index (χ1) is 10.5. The van der Waals surface area contributed by atoms with Gasteiger partial charge in [-0.15, -0.1) is 6.58 Å². The maximum atomic E-state index is 12.0. The second-order valence-electron chi connectivity index (χ2n) is 4.82. The predicted octanol–water partition coefficient (Wildman–Crippen LogP) is 3.31. The van der Waals surface area contributed by atoms with Crippen molar-refractivity contribution in [2.45, 2.75) is 32.5 Å². The van der Waals surface area contributed by atoms with Crippen LogP contribution in [0.4, 0.5) is 0 Å². The van der Waals surface area contributed by atoms with E-state index in [1.807, 2.05) is 6.07 Å². The predicted molar refractivity (Wildman–Crippen MR) is 86.3 cm³/mol. The number of carbonyl (C=O) groups excluding carboxylic acids is 1. The van der Waals surface area contributed by atoms with Crippen LogP contribution in [0.3, 0.4) is 0 Å². The molecule has 2 rings (SSSR count). The van der Waals surface area contributed by atoms with Gasteiger partial charge in [-0.3, -0.25) is 0 Å². The molecule has 0 aliphatic rings. The lowest BCUT2D eigenvalue weighted by molar-refractivity contribution is -0.161. The van der Waals surface area contributed by atoms with Gasteiger partial charge in [0.15, 0.2) is 17.9 Å². The zero-order valence-corrected chi connectivity index (χ0v) is 14.1. The number of hydrogen-bond donors (Lipinski definition) is 1. The molecule has 0 bridgehead atoms. The van der Waals surface area contributed by atoms with E-state index in [0.717, 1.165) is 9.99 Å². The molecule has 0 aliphatic carbocycles. The summed E-state index contributed by atoms with van der Waals surface area (Å²) in [6, 6.07) is 1.87. The van der Waals surface area contributed by atoms with Crippen molar-refractivity contribution in [3.05, 3.63) is 35.2 Å². The van der Waals surface area contributed by atoms with Crippen molar-refractivity contribution in [2.24, 2.45) is 0 Å². The number of aromatic nitrogens is 3. The first kappa shape index (κ1) is 16.6. The maximum absolute atomic E-state index is 12.0. The maximum Gasteiger partial charge on any atom is 0.335 e. The smallest absolute Gasteiger partial charge is 0.335 e. The van der Waals surface area contributed by atoms with Crippen molar-refractivity contribution in [3.8, 4) is 0 Å². The Kier molecular flexibility index (Phi) is 5.68. The van der Waals surface area contributed by atoms with Gasteiger partial charge in [-0.2, -0.15) is 0 Å². The van der Waals surface area contributed by atoms with E-state index in [1.165, 1.54) is 0 Å². The fourth-order valence-corrected chi connectivity index (χ4v) is 2.14. The van der Waals surface area contributed by atoms with Gasteiger partial charge in [0.2, 0.25) is 0 Å². The van der Waals surface area contributed by atoms with Gasteiger partial charge < -0.3 is 14.5 Å². The normalized spacial score (nSPS) is 13.8. The number of ether oxygens (including phenoxy) is 2. The van der Waals surface area contributed by atoms with Crippen LogP contribution in [0.5, 0.6) is 0 Å². The highest BCUT2D eigenvalue weighted by molar-refractivity contribution is 9.10. The summed E-state index contributed by atoms with van der Waals surface area (Å²) in [6.45, 7) is 7.45. The van der Waals surface area contributed by atoms with E-state index < -0.39 is 18.2 Å². The first-order valence-electron chi connectivity index (χ1n) is 6.95. The third-order valence-electron chi connectivity index (χ3n) is 3.02. The fourth-order valence-electron chi connectivity index (χ4n) is 1.81. The van der Waals surface area contributed by atoms with E-state index in [0.29, 0.717) is 24.5 Å². The number of hydrogen-bond acceptors (Lipinski definition) is 5. The highest BCUT2D eigenvalue weighted by Gasteiger charge is 2.21. The molecule has 22 heavy (non-hydrogen) atoms. The molecule has 6 nitrogen and oxygen atoms in total. The molecule has 118 valence electrons. The van der Waals surface area contributed by atoms with Crippen molar-refractivity contribution < 1.29 is 14.3 Å². The molecule has 2 aromatic rings. The zero-order chi connectivity index (χ0) is 16.1. The van der Waals surface area contributed by atoms with E-state index >= 15 is 0 Å². The van der Waals surface area contributed by atoms with Gasteiger partial charge in [0.25, 0.3) is 0 Å². The standard InChI is InChI=1S/C15H18BrN3O3/c1-4-5-6-21-10(3)15(20)22-9(2)13-18-12-7-11(16)8-17-14(12)19-13/h4,7-10H,1,5-6H2,2-3H3,(H,17,18,19). The molecular weight excluding hydrogens is 350 g/mol. The van der Waals surface area contributed by atoms with E-state index in [-0.39, 0.29) is 0 Å². The van der Waals surface area contributed by atoms with Crippen LogP contribution in [-0.2, 0) is 14.3 Å². The van der Waals surface area contributed by atoms with Gasteiger partial charge in [0.05, 0.1) is 12.1 Å². The Bertz CT molecular complexity index is 671. The van der Waals surface area contributed by atoms with Crippen molar-refractivity contribution in [2.75, 3.05) is 6.61 Å². The van der Waals surface area contributed by atoms with Gasteiger partial charge in [0, 0.05) is 10.7 Å². The van der Waals surface area contributed by atoms with E-state index in [2.05, 4.69) is 37.5 Å². The molecule has 0 aromatic carbocycles. The van der Waals surface area contributed by atoms with E-state index in [4.69, 9.17) is 9.47 Å². The quantitative estimate of drug-likeness (QED) is 0.461. The SMILES string of the molecule is C=CCCOC(C)C(=O)OC(C)c1nc2ncc(Br)cc2[nH]1. The van der Waals surface area contributed by atoms with Crippen LogP contribution < -0.4 is 0 Å². The summed E-state index contributed by atoms with van der Waals surface area (Å²) < 4.78 is 11.6. The highest BCUT2D eigenvalue weighted by Crippen LogP contribution is 2.20. The summed E-state index contributed by atoms with van der Waals surface area (Å²) in [6.07, 6.45) is 2.96. The number of fused-ring (bicyclic) bond motifs is 1. The molecule has 2 heterocycles. The number of imidazole rings is 1. The highest BCUT2D eigenvalue weighted by atomic mass is 79.9. The minimum atomic E-state index is -0.626. The molecule has 2 aromatic heterocycles. The number of pyridine rings is 1. The van der Waals surface area contributed by atoms with Gasteiger partial charge >= 0.3 is 5.97 Å². The van der Waals surface area contributed by atoms with Crippen LogP contribution in [0.1, 0.15) is 32.2 Å². The molecule has 0 aliphatic heterocycles. The van der Waals surface area contributed by atoms with Gasteiger partial charge in [-0.1, -0.05) is 6.08 Å². The zero-order valence-electron chi connectivity index (χ0n) is 12.5. The van der Waals surface area contributed by atoms with Crippen LogP contribution in [0, 0.1) is 0 Å². The van der Waals surface area contributed by atoms with Crippen molar-refractivity contribution >= 4 is 33.1 Å². The molecule has 0 amide bonds. The summed E-state index contributed by atoms with van der Waals surface area (Å²) in [5.41, 5.74) is 1.36. The Morgan fingerprint density at radius 3 is 3.05 bits per heavy atom. The topological polar surface area (TPSA) is 77.1 Å². The number of carbonyl (C=O) groups is 1. The third-order valence-corrected chi connectivity index (χ3v) is 3.46. The van der Waals surface area contributed by atoms with Crippen LogP contribution >= 0.6 is 15.9 Å². The Morgan fingerprint density at radius 1 is 1.55 bits per heavy atom. The Balaban J connectivity index is 1.99. The number of halogens is 1. The molecule has 0 spiro atoms. The molecule has 1 N–H and O–H groups in total. The lowest BCUT2D eigenvalue weighted by atomic mass is 10.3. The number of nitrogens with one attached hydrogen (secondary N) is 1. The van der Waals surface area contributed by atoms with Gasteiger partial charge in [-0.25, -0.2) is 14.8 Å². The Labute approximate surface area is 137 Å². The van der Waals surface area contributed by atoms with Crippen LogP contribution in [0.2, 0.25) is 0 Å². The second kappa shape index (κ2) is 7.51. The van der Waals surface area contributed by atoms with Crippen molar-refractivity contribution in [1.82, 2.24) is 15.0 Å². The summed E-state index contributed by atoms with van der Waals surface area (Å²) in [5, 5.41) is 0. The van der Waals surface area contributed by atoms with E-state index in [1.54, 1.807) is 26.1 Å². The van der Waals surface area contributed by atoms with Crippen LogP contribution in [0.15, 0.2) is 29.4 Å². The van der Waals surface area contributed by atoms with Crippen molar-refractivity contribution in [3.63, 3.8) is 0 Å². The van der Waals surface area contributed by atoms with Crippen LogP contribution in [0.25, 0.3) is 11.2 Å². The molecule has 2 unspecified atom stereocenters. The van der Waals surface area contributed by atoms with E-state index in [9.17, 15) is 4.79 Å². The molecule has 2 atom stereocenters. The minimum Gasteiger partial charge on any atom is -0.453 e. The monoisotopic (exact) mass is 367 g/mol. The van der Waals surface area contributed by atoms with Crippen molar-refractivity contribution in [1.29, 1.82) is 0 Å². The number of esters is 1. The summed E-state index contributed by atoms with van der Waals surface area (Å²) in [4.78, 5) is 23.6. The lowest BCUT2D eigenvalue weighted by Crippen LogP contribution is -2.25. The average Bonchev–Trinajstić information content (AvgIpc) is 2.90. The molecule has 0 saturated carbocycles. The number of rotatable bonds is 7. The molecule has 0 saturated heterocycles. The number of nitrogens with zero attached hydrogens (tertiary/aromatic N) is 2. The average molecular weight is 368 g/mol. The molecule has 7 heteroatoms. The number of H-pyrrole nitrogens is 1. The summed E-state index contributed by atoms with van der Waals surface area (Å²) >= 11 is 3.35. The molecular formula is C15H18BrN3O3. The second-order valence-corrected chi connectivity index (χ2v) is 5.73. The first-order valence-corrected chi connectivity index (χ1v) is 7.74. The molecule has 0 radical (unpaired) electrons. The lowest BCUT2D eigenvalue weighted by Gasteiger charge is -2.15. The summed E-state index contributed by atoms with van der Waals surface area (Å²) in [7, 11) is 0. The number of aromatic amines is 1. The molecule has 0 fully saturated rings. The van der Waals surface area contributed by atoms with Crippen LogP contribution in [-0.4, -0.2) is 33.6 Å². The summed E-state index contributed by atoms with van der Waals surface area (Å²) in [5.74, 6) is 0.124. The third kappa shape index (κ3) is 4.14. The van der Waals surface area contributed by atoms with Gasteiger partial charge in [-0.05, 0) is 42.3 Å². The Hall–Kier alpha value is -1.73. The van der Waals surface area contributed by atoms with Gasteiger partial charge in [0.1, 0.15) is 5.82 Å². The fraction of sp³-hybridized carbons (Fsp3) is 0.400. The largest absolute Gasteiger partial charge is 0.453 e. The minimum absolute atomic E-state index is 0.425. The Morgan fingerprint density at radius 2 is 2.32 bits per heavy atom.